The van der Waals surface area contributed by atoms with Gasteiger partial charge in [-0.25, -0.2) is 4.98 Å². The summed E-state index contributed by atoms with van der Waals surface area (Å²) in [4.78, 5) is 19.4. The molecule has 0 aliphatic carbocycles. The summed E-state index contributed by atoms with van der Waals surface area (Å²) in [5.41, 5.74) is 1.14. The molecule has 1 heterocycles. The third kappa shape index (κ3) is 8.41. The van der Waals surface area contributed by atoms with E-state index in [4.69, 9.17) is 44.3 Å². The lowest BCUT2D eigenvalue weighted by Gasteiger charge is -2.19. The molecule has 0 fully saturated rings. The van der Waals surface area contributed by atoms with Crippen LogP contribution in [0.3, 0.4) is 0 Å². The van der Waals surface area contributed by atoms with Crippen LogP contribution in [0, 0.1) is 0 Å². The smallest absolute Gasteiger partial charge is 0.230 e. The molecule has 35 heavy (non-hydrogen) atoms. The van der Waals surface area contributed by atoms with E-state index in [1.807, 2.05) is 12.1 Å². The van der Waals surface area contributed by atoms with Crippen LogP contribution >= 0.6 is 47.2 Å². The van der Waals surface area contributed by atoms with Gasteiger partial charge in [-0.05, 0) is 49.0 Å². The Kier molecular flexibility index (Phi) is 11.8. The monoisotopic (exact) mass is 554 g/mol. The van der Waals surface area contributed by atoms with Crippen LogP contribution in [0.4, 0.5) is 0 Å². The first-order chi connectivity index (χ1) is 16.4. The number of allylic oxidation sites excluding steroid dienone is 1. The number of aromatic nitrogens is 1. The fourth-order valence-corrected chi connectivity index (χ4v) is 3.56. The van der Waals surface area contributed by atoms with E-state index in [2.05, 4.69) is 23.7 Å². The lowest BCUT2D eigenvalue weighted by molar-refractivity contribution is 0.104. The lowest BCUT2D eigenvalue weighted by atomic mass is 10.1. The summed E-state index contributed by atoms with van der Waals surface area (Å²) in [6.07, 6.45) is 4.72. The number of halogens is 4. The molecule has 0 unspecified atom stereocenters. The molecular formula is C26H26Cl4N2O3. The van der Waals surface area contributed by atoms with Gasteiger partial charge in [0.15, 0.2) is 17.3 Å². The second-order valence-corrected chi connectivity index (χ2v) is 8.55. The maximum atomic E-state index is 12.9. The average molecular weight is 556 g/mol. The molecule has 0 amide bonds. The molecule has 3 rings (SSSR count). The fraction of sp³-hybridized carbons (Fsp3) is 0.231. The molecule has 9 heteroatoms. The summed E-state index contributed by atoms with van der Waals surface area (Å²) in [6, 6.07) is 13.7. The van der Waals surface area contributed by atoms with Gasteiger partial charge in [0, 0.05) is 29.9 Å². The maximum absolute atomic E-state index is 12.9. The number of likely N-dealkylation sites (N-methyl/N-ethyl adjacent to an activating group) is 1. The minimum Gasteiger partial charge on any atom is -0.488 e. The minimum atomic E-state index is -0.262. The van der Waals surface area contributed by atoms with Crippen LogP contribution in [0.1, 0.15) is 29.8 Å². The van der Waals surface area contributed by atoms with Crippen molar-refractivity contribution in [2.45, 2.75) is 13.8 Å². The van der Waals surface area contributed by atoms with E-state index in [1.54, 1.807) is 48.7 Å². The number of carbonyl (C=O) groups excluding carboxylic acids is 1. The number of ketones is 1. The first-order valence-electron chi connectivity index (χ1n) is 10.9. The van der Waals surface area contributed by atoms with Gasteiger partial charge in [-0.3, -0.25) is 4.79 Å². The van der Waals surface area contributed by atoms with Crippen LogP contribution in [0.5, 0.6) is 17.4 Å². The molecule has 0 radical (unpaired) electrons. The van der Waals surface area contributed by atoms with Gasteiger partial charge < -0.3 is 14.4 Å². The van der Waals surface area contributed by atoms with Crippen molar-refractivity contribution in [3.63, 3.8) is 0 Å². The summed E-state index contributed by atoms with van der Waals surface area (Å²) < 4.78 is 12.0. The van der Waals surface area contributed by atoms with Gasteiger partial charge in [0.05, 0.1) is 15.6 Å². The molecule has 0 N–H and O–H groups in total. The molecule has 0 saturated carbocycles. The Morgan fingerprint density at radius 1 is 1.00 bits per heavy atom. The Morgan fingerprint density at radius 3 is 2.31 bits per heavy atom. The number of rotatable bonds is 11. The quantitative estimate of drug-likeness (QED) is 0.178. The normalized spacial score (nSPS) is 10.9. The van der Waals surface area contributed by atoms with Gasteiger partial charge in [0.1, 0.15) is 6.61 Å². The molecule has 0 aliphatic heterocycles. The highest BCUT2D eigenvalue weighted by atomic mass is 35.5. The van der Waals surface area contributed by atoms with Crippen molar-refractivity contribution < 1.29 is 14.3 Å². The van der Waals surface area contributed by atoms with Crippen LogP contribution in [0.25, 0.3) is 6.08 Å². The largest absolute Gasteiger partial charge is 0.488 e. The van der Waals surface area contributed by atoms with Crippen molar-refractivity contribution in [2.75, 3.05) is 26.2 Å². The van der Waals surface area contributed by atoms with Gasteiger partial charge in [0.2, 0.25) is 5.88 Å². The summed E-state index contributed by atoms with van der Waals surface area (Å²) >= 11 is 18.4. The van der Waals surface area contributed by atoms with Crippen LogP contribution in [0.2, 0.25) is 15.1 Å². The standard InChI is InChI=1S/C26H25Cl3N2O3.ClH/c1-3-31(4-2)14-15-33-24-16-21(28)22(29)17-25(24)34-26-20(6-5-13-30-26)23(32)12-9-18-7-10-19(27)11-8-18;/h5-13,16-17H,3-4,14-15H2,1-2H3;1H. The first kappa shape index (κ1) is 29.0. The van der Waals surface area contributed by atoms with Crippen molar-refractivity contribution in [1.29, 1.82) is 0 Å². The number of pyridine rings is 1. The molecule has 0 saturated heterocycles. The summed E-state index contributed by atoms with van der Waals surface area (Å²) in [7, 11) is 0. The van der Waals surface area contributed by atoms with Crippen LogP contribution in [-0.2, 0) is 0 Å². The Morgan fingerprint density at radius 2 is 1.66 bits per heavy atom. The number of hydrogen-bond donors (Lipinski definition) is 0. The van der Waals surface area contributed by atoms with Crippen molar-refractivity contribution in [3.8, 4) is 17.4 Å². The van der Waals surface area contributed by atoms with Gasteiger partial charge in [-0.1, -0.05) is 66.9 Å². The summed E-state index contributed by atoms with van der Waals surface area (Å²) in [5, 5.41) is 1.28. The highest BCUT2D eigenvalue weighted by Gasteiger charge is 2.17. The molecule has 0 atom stereocenters. The van der Waals surface area contributed by atoms with E-state index < -0.39 is 0 Å². The second kappa shape index (κ2) is 14.3. The number of ether oxygens (including phenoxy) is 2. The Hall–Kier alpha value is -2.28. The van der Waals surface area contributed by atoms with Crippen molar-refractivity contribution in [2.24, 2.45) is 0 Å². The highest BCUT2D eigenvalue weighted by Crippen LogP contribution is 2.39. The summed E-state index contributed by atoms with van der Waals surface area (Å²) in [5.74, 6) is 0.619. The minimum absolute atomic E-state index is 0. The third-order valence-electron chi connectivity index (χ3n) is 5.09. The van der Waals surface area contributed by atoms with Gasteiger partial charge in [-0.15, -0.1) is 12.4 Å². The molecule has 186 valence electrons. The zero-order valence-corrected chi connectivity index (χ0v) is 22.4. The van der Waals surface area contributed by atoms with Gasteiger partial charge >= 0.3 is 0 Å². The van der Waals surface area contributed by atoms with Crippen LogP contribution < -0.4 is 9.47 Å². The predicted molar refractivity (Wildman–Crippen MR) is 146 cm³/mol. The van der Waals surface area contributed by atoms with Crippen LogP contribution in [0.15, 0.2) is 60.8 Å². The third-order valence-corrected chi connectivity index (χ3v) is 6.06. The van der Waals surface area contributed by atoms with E-state index in [0.29, 0.717) is 38.7 Å². The number of carbonyl (C=O) groups is 1. The molecule has 0 aliphatic rings. The van der Waals surface area contributed by atoms with E-state index in [9.17, 15) is 4.79 Å². The number of benzene rings is 2. The Labute approximate surface area is 227 Å². The first-order valence-corrected chi connectivity index (χ1v) is 12.0. The van der Waals surface area contributed by atoms with E-state index in [1.165, 1.54) is 6.08 Å². The van der Waals surface area contributed by atoms with Crippen molar-refractivity contribution >= 4 is 59.1 Å². The van der Waals surface area contributed by atoms with Gasteiger partial charge in [-0.2, -0.15) is 0 Å². The molecule has 2 aromatic carbocycles. The number of hydrogen-bond acceptors (Lipinski definition) is 5. The Bertz CT molecular complexity index is 1150. The van der Waals surface area contributed by atoms with E-state index in [0.717, 1.165) is 25.2 Å². The summed E-state index contributed by atoms with van der Waals surface area (Å²) in [6.45, 7) is 7.22. The van der Waals surface area contributed by atoms with E-state index >= 15 is 0 Å². The predicted octanol–water partition coefficient (Wildman–Crippen LogP) is 7.87. The van der Waals surface area contributed by atoms with E-state index in [-0.39, 0.29) is 24.1 Å². The van der Waals surface area contributed by atoms with Crippen LogP contribution in [-0.4, -0.2) is 41.9 Å². The SMILES string of the molecule is CCN(CC)CCOc1cc(Cl)c(Cl)cc1Oc1ncccc1C(=O)C=Cc1ccc(Cl)cc1.Cl. The zero-order chi connectivity index (χ0) is 24.5. The van der Waals surface area contributed by atoms with Crippen molar-refractivity contribution in [3.05, 3.63) is 87.0 Å². The molecule has 5 nitrogen and oxygen atoms in total. The van der Waals surface area contributed by atoms with Gasteiger partial charge in [0.25, 0.3) is 0 Å². The zero-order valence-electron chi connectivity index (χ0n) is 19.3. The highest BCUT2D eigenvalue weighted by molar-refractivity contribution is 6.42. The molecule has 3 aromatic rings. The van der Waals surface area contributed by atoms with Crippen molar-refractivity contribution in [1.82, 2.24) is 9.88 Å². The molecule has 1 aromatic heterocycles. The molecular weight excluding hydrogens is 530 g/mol. The lowest BCUT2D eigenvalue weighted by Crippen LogP contribution is -2.27. The maximum Gasteiger partial charge on any atom is 0.230 e. The molecule has 0 spiro atoms. The average Bonchev–Trinajstić information content (AvgIpc) is 2.84. The topological polar surface area (TPSA) is 51.7 Å². The second-order valence-electron chi connectivity index (χ2n) is 7.30. The fourth-order valence-electron chi connectivity index (χ4n) is 3.13. The molecule has 0 bridgehead atoms. The number of nitrogens with zero attached hydrogens (tertiary/aromatic N) is 2. The Balaban J connectivity index is 0.00000432.